The number of likely N-dealkylation sites (tertiary alicyclic amines) is 1. The lowest BCUT2D eigenvalue weighted by Gasteiger charge is -2.29. The minimum absolute atomic E-state index is 0.598. The largest absolute Gasteiger partial charge is 0.310 e. The Balaban J connectivity index is 1.70. The van der Waals surface area contributed by atoms with E-state index in [1.807, 2.05) is 11.3 Å². The average Bonchev–Trinajstić information content (AvgIpc) is 2.87. The van der Waals surface area contributed by atoms with Gasteiger partial charge in [-0.05, 0) is 37.6 Å². The van der Waals surface area contributed by atoms with Crippen LogP contribution in [0.3, 0.4) is 0 Å². The summed E-state index contributed by atoms with van der Waals surface area (Å²) in [5, 5.41) is 5.93. The van der Waals surface area contributed by atoms with Crippen LogP contribution in [0.25, 0.3) is 0 Å². The minimum Gasteiger partial charge on any atom is -0.310 e. The highest BCUT2D eigenvalue weighted by atomic mass is 32.1. The molecular formula is C13H20N2S. The summed E-state index contributed by atoms with van der Waals surface area (Å²) in [4.78, 5) is 4.17. The Bertz CT molecular complexity index is 336. The SMILES string of the molecule is CC(c1cccs1)N1CCC2CCC(C1)N2. The fraction of sp³-hybridized carbons (Fsp3) is 0.692. The van der Waals surface area contributed by atoms with Crippen molar-refractivity contribution >= 4 is 11.3 Å². The Morgan fingerprint density at radius 1 is 1.38 bits per heavy atom. The first kappa shape index (κ1) is 10.8. The predicted molar refractivity (Wildman–Crippen MR) is 68.9 cm³/mol. The van der Waals surface area contributed by atoms with Crippen LogP contribution in [-0.2, 0) is 0 Å². The predicted octanol–water partition coefficient (Wildman–Crippen LogP) is 2.64. The van der Waals surface area contributed by atoms with Gasteiger partial charge >= 0.3 is 0 Å². The second-order valence-electron chi connectivity index (χ2n) is 5.11. The molecule has 16 heavy (non-hydrogen) atoms. The molecule has 1 aromatic heterocycles. The maximum Gasteiger partial charge on any atom is 0.0413 e. The van der Waals surface area contributed by atoms with E-state index in [0.29, 0.717) is 6.04 Å². The molecule has 3 heterocycles. The van der Waals surface area contributed by atoms with Crippen LogP contribution in [0.15, 0.2) is 17.5 Å². The maximum atomic E-state index is 3.74. The van der Waals surface area contributed by atoms with E-state index in [1.54, 1.807) is 0 Å². The number of hydrogen-bond donors (Lipinski definition) is 1. The van der Waals surface area contributed by atoms with E-state index < -0.39 is 0 Å². The molecular weight excluding hydrogens is 216 g/mol. The van der Waals surface area contributed by atoms with Gasteiger partial charge in [-0.15, -0.1) is 11.3 Å². The zero-order valence-corrected chi connectivity index (χ0v) is 10.7. The zero-order chi connectivity index (χ0) is 11.0. The molecule has 3 heteroatoms. The van der Waals surface area contributed by atoms with Crippen molar-refractivity contribution in [3.63, 3.8) is 0 Å². The van der Waals surface area contributed by atoms with Gasteiger partial charge in [-0.1, -0.05) is 6.07 Å². The molecule has 0 amide bonds. The Morgan fingerprint density at radius 2 is 2.25 bits per heavy atom. The molecule has 1 N–H and O–H groups in total. The quantitative estimate of drug-likeness (QED) is 0.849. The molecule has 0 aliphatic carbocycles. The van der Waals surface area contributed by atoms with Crippen LogP contribution in [-0.4, -0.2) is 30.1 Å². The summed E-state index contributed by atoms with van der Waals surface area (Å²) in [5.41, 5.74) is 0. The Morgan fingerprint density at radius 3 is 3.06 bits per heavy atom. The van der Waals surface area contributed by atoms with E-state index in [-0.39, 0.29) is 0 Å². The molecule has 2 nitrogen and oxygen atoms in total. The summed E-state index contributed by atoms with van der Waals surface area (Å²) >= 11 is 1.89. The summed E-state index contributed by atoms with van der Waals surface area (Å²) in [6.45, 7) is 4.84. The van der Waals surface area contributed by atoms with Crippen LogP contribution in [0.4, 0.5) is 0 Å². The summed E-state index contributed by atoms with van der Waals surface area (Å²) < 4.78 is 0. The Labute approximate surface area is 102 Å². The molecule has 3 rings (SSSR count). The standard InChI is InChI=1S/C13H20N2S/c1-10(13-3-2-8-16-13)15-7-6-11-4-5-12(9-15)14-11/h2-3,8,10-12,14H,4-7,9H2,1H3. The first-order valence-electron chi connectivity index (χ1n) is 6.36. The van der Waals surface area contributed by atoms with E-state index in [1.165, 1.54) is 37.2 Å². The number of rotatable bonds is 2. The summed E-state index contributed by atoms with van der Waals surface area (Å²) in [6.07, 6.45) is 4.09. The smallest absolute Gasteiger partial charge is 0.0413 e. The highest BCUT2D eigenvalue weighted by Gasteiger charge is 2.31. The first-order chi connectivity index (χ1) is 7.83. The van der Waals surface area contributed by atoms with Gasteiger partial charge in [0.2, 0.25) is 0 Å². The number of hydrogen-bond acceptors (Lipinski definition) is 3. The Hall–Kier alpha value is -0.380. The third-order valence-electron chi connectivity index (χ3n) is 4.06. The van der Waals surface area contributed by atoms with Gasteiger partial charge in [0, 0.05) is 36.1 Å². The molecule has 2 bridgehead atoms. The highest BCUT2D eigenvalue weighted by molar-refractivity contribution is 7.10. The van der Waals surface area contributed by atoms with Gasteiger partial charge < -0.3 is 5.32 Å². The monoisotopic (exact) mass is 236 g/mol. The van der Waals surface area contributed by atoms with Crippen LogP contribution in [0.1, 0.15) is 37.1 Å². The van der Waals surface area contributed by atoms with Crippen molar-refractivity contribution in [1.29, 1.82) is 0 Å². The van der Waals surface area contributed by atoms with Gasteiger partial charge in [0.25, 0.3) is 0 Å². The molecule has 0 spiro atoms. The van der Waals surface area contributed by atoms with Gasteiger partial charge in [-0.2, -0.15) is 0 Å². The summed E-state index contributed by atoms with van der Waals surface area (Å²) in [6, 6.07) is 6.58. The molecule has 2 aliphatic heterocycles. The Kier molecular flexibility index (Phi) is 3.01. The van der Waals surface area contributed by atoms with Crippen molar-refractivity contribution in [2.24, 2.45) is 0 Å². The lowest BCUT2D eigenvalue weighted by Crippen LogP contribution is -2.36. The molecule has 3 atom stereocenters. The summed E-state index contributed by atoms with van der Waals surface area (Å²) in [7, 11) is 0. The third kappa shape index (κ3) is 2.04. The van der Waals surface area contributed by atoms with E-state index >= 15 is 0 Å². The van der Waals surface area contributed by atoms with Crippen molar-refractivity contribution < 1.29 is 0 Å². The molecule has 2 fully saturated rings. The van der Waals surface area contributed by atoms with Crippen molar-refractivity contribution in [1.82, 2.24) is 10.2 Å². The molecule has 2 aliphatic rings. The molecule has 3 unspecified atom stereocenters. The molecule has 1 aromatic rings. The zero-order valence-electron chi connectivity index (χ0n) is 9.86. The highest BCUT2D eigenvalue weighted by Crippen LogP contribution is 2.29. The normalized spacial score (nSPS) is 32.6. The van der Waals surface area contributed by atoms with Crippen LogP contribution < -0.4 is 5.32 Å². The number of fused-ring (bicyclic) bond motifs is 2. The van der Waals surface area contributed by atoms with E-state index in [4.69, 9.17) is 0 Å². The van der Waals surface area contributed by atoms with Gasteiger partial charge in [0.15, 0.2) is 0 Å². The second kappa shape index (κ2) is 4.47. The fourth-order valence-corrected chi connectivity index (χ4v) is 3.85. The van der Waals surface area contributed by atoms with Crippen LogP contribution in [0.5, 0.6) is 0 Å². The van der Waals surface area contributed by atoms with Crippen LogP contribution in [0.2, 0.25) is 0 Å². The van der Waals surface area contributed by atoms with Crippen molar-refractivity contribution in [2.75, 3.05) is 13.1 Å². The topological polar surface area (TPSA) is 15.3 Å². The lowest BCUT2D eigenvalue weighted by molar-refractivity contribution is 0.202. The molecule has 2 saturated heterocycles. The molecule has 0 saturated carbocycles. The van der Waals surface area contributed by atoms with Crippen molar-refractivity contribution in [2.45, 2.75) is 44.3 Å². The third-order valence-corrected chi connectivity index (χ3v) is 5.10. The molecule has 0 radical (unpaired) electrons. The van der Waals surface area contributed by atoms with Crippen LogP contribution in [0, 0.1) is 0 Å². The van der Waals surface area contributed by atoms with E-state index in [2.05, 4.69) is 34.7 Å². The van der Waals surface area contributed by atoms with E-state index in [9.17, 15) is 0 Å². The fourth-order valence-electron chi connectivity index (χ4n) is 3.03. The van der Waals surface area contributed by atoms with Gasteiger partial charge in [-0.3, -0.25) is 4.90 Å². The van der Waals surface area contributed by atoms with Gasteiger partial charge in [-0.25, -0.2) is 0 Å². The lowest BCUT2D eigenvalue weighted by atomic mass is 10.1. The van der Waals surface area contributed by atoms with Crippen molar-refractivity contribution in [3.05, 3.63) is 22.4 Å². The molecule has 0 aromatic carbocycles. The number of nitrogens with zero attached hydrogens (tertiary/aromatic N) is 1. The van der Waals surface area contributed by atoms with Crippen LogP contribution >= 0.6 is 11.3 Å². The second-order valence-corrected chi connectivity index (χ2v) is 6.09. The van der Waals surface area contributed by atoms with E-state index in [0.717, 1.165) is 12.1 Å². The minimum atomic E-state index is 0.598. The first-order valence-corrected chi connectivity index (χ1v) is 7.24. The van der Waals surface area contributed by atoms with Gasteiger partial charge in [0.1, 0.15) is 0 Å². The average molecular weight is 236 g/mol. The van der Waals surface area contributed by atoms with Gasteiger partial charge in [0.05, 0.1) is 0 Å². The maximum absolute atomic E-state index is 3.74. The van der Waals surface area contributed by atoms with Crippen molar-refractivity contribution in [3.8, 4) is 0 Å². The molecule has 88 valence electrons. The summed E-state index contributed by atoms with van der Waals surface area (Å²) in [5.74, 6) is 0. The number of thiophene rings is 1. The number of nitrogens with one attached hydrogen (secondary N) is 1.